The van der Waals surface area contributed by atoms with Crippen LogP contribution >= 0.6 is 12.8 Å². The summed E-state index contributed by atoms with van der Waals surface area (Å²) in [5.41, 5.74) is -6.50. The number of aryl methyl sites for hydroxylation is 1. The van der Waals surface area contributed by atoms with Crippen LogP contribution in [0.3, 0.4) is 0 Å². The van der Waals surface area contributed by atoms with Gasteiger partial charge in [-0.2, -0.15) is 22.0 Å². The average Bonchev–Trinajstić information content (AvgIpc) is 2.88. The molecule has 0 amide bonds. The molecule has 0 radical (unpaired) electrons. The van der Waals surface area contributed by atoms with Gasteiger partial charge in [-0.1, -0.05) is 26.0 Å². The Labute approximate surface area is 248 Å². The monoisotopic (exact) mass is 659 g/mol. The summed E-state index contributed by atoms with van der Waals surface area (Å²) >= 11 is 3.03. The number of benzene rings is 4. The van der Waals surface area contributed by atoms with Crippen molar-refractivity contribution in [1.29, 1.82) is 0 Å². The standard InChI is InChI=1S/C27H12F12O.C2H6.H3NS/c1-11-2-3-15(16(28)4-11)12-5-17(29)23(18(30)6-12)13-7-19(31)25(20(32)8-13)27(38,39)40-14-9-21(33)24(22(34)10-14)26(35,36)37;2*1-2/h2-10H,1H3;1-2H3;2H,1H2. The average molecular weight is 660 g/mol. The SMILES string of the molecule is CC.Cc1ccc(-c2cc(F)c(-c3cc(F)c(C(F)(F)Oc4cc(F)c(C(F)(F)F)c(F)c4)c(F)c3)c(F)c2)c(F)c1.NS. The molecule has 44 heavy (non-hydrogen) atoms. The number of nitrogens with two attached hydrogens (primary N) is 1. The molecule has 0 aromatic heterocycles. The Morgan fingerprint density at radius 3 is 1.43 bits per heavy atom. The van der Waals surface area contributed by atoms with E-state index in [1.165, 1.54) is 12.1 Å². The van der Waals surface area contributed by atoms with Crippen LogP contribution in [0.25, 0.3) is 22.3 Å². The zero-order chi connectivity index (χ0) is 33.7. The third-order valence-electron chi connectivity index (χ3n) is 5.64. The van der Waals surface area contributed by atoms with Gasteiger partial charge in [-0.25, -0.2) is 30.7 Å². The minimum Gasteiger partial charge on any atom is -0.429 e. The maximum atomic E-state index is 14.8. The van der Waals surface area contributed by atoms with Gasteiger partial charge in [0.05, 0.1) is 5.56 Å². The Bertz CT molecular complexity index is 1570. The Hall–Kier alpha value is -3.85. The predicted octanol–water partition coefficient (Wildman–Crippen LogP) is 10.3. The van der Waals surface area contributed by atoms with Gasteiger partial charge in [-0.05, 0) is 53.9 Å². The Balaban J connectivity index is 0.00000162. The van der Waals surface area contributed by atoms with E-state index < -0.39 is 81.0 Å². The summed E-state index contributed by atoms with van der Waals surface area (Å²) in [5, 5.41) is 4.19. The number of rotatable bonds is 5. The lowest BCUT2D eigenvalue weighted by atomic mass is 9.97. The van der Waals surface area contributed by atoms with Gasteiger partial charge in [0.1, 0.15) is 57.6 Å². The highest BCUT2D eigenvalue weighted by atomic mass is 32.1. The van der Waals surface area contributed by atoms with E-state index in [2.05, 4.69) is 22.7 Å². The van der Waals surface area contributed by atoms with Crippen LogP contribution in [0.5, 0.6) is 5.75 Å². The summed E-state index contributed by atoms with van der Waals surface area (Å²) in [7, 11) is 0. The normalized spacial score (nSPS) is 11.3. The highest BCUT2D eigenvalue weighted by Crippen LogP contribution is 2.41. The van der Waals surface area contributed by atoms with E-state index in [1.807, 2.05) is 13.8 Å². The summed E-state index contributed by atoms with van der Waals surface area (Å²) in [6.07, 6.45) is -10.6. The molecule has 4 aromatic carbocycles. The van der Waals surface area contributed by atoms with Crippen LogP contribution in [-0.2, 0) is 12.3 Å². The van der Waals surface area contributed by atoms with E-state index in [1.54, 1.807) is 6.92 Å². The summed E-state index contributed by atoms with van der Waals surface area (Å²) in [6, 6.07) is 4.78. The predicted molar refractivity (Wildman–Crippen MR) is 142 cm³/mol. The number of alkyl halides is 5. The Morgan fingerprint density at radius 2 is 1.00 bits per heavy atom. The number of thiol groups is 1. The van der Waals surface area contributed by atoms with Crippen molar-refractivity contribution in [2.45, 2.75) is 33.1 Å². The number of hydrogen-bond acceptors (Lipinski definition) is 3. The number of ether oxygens (including phenoxy) is 1. The zero-order valence-corrected chi connectivity index (χ0v) is 23.6. The van der Waals surface area contributed by atoms with Gasteiger partial charge >= 0.3 is 12.3 Å². The van der Waals surface area contributed by atoms with Crippen molar-refractivity contribution in [3.63, 3.8) is 0 Å². The smallest absolute Gasteiger partial charge is 0.429 e. The molecule has 0 heterocycles. The molecule has 0 aliphatic rings. The molecule has 0 aliphatic carbocycles. The third kappa shape index (κ3) is 7.80. The van der Waals surface area contributed by atoms with Crippen molar-refractivity contribution >= 4 is 12.8 Å². The van der Waals surface area contributed by atoms with Crippen molar-refractivity contribution < 1.29 is 57.4 Å². The van der Waals surface area contributed by atoms with Gasteiger partial charge in [-0.3, -0.25) is 5.14 Å². The molecule has 2 nitrogen and oxygen atoms in total. The molecule has 0 saturated carbocycles. The van der Waals surface area contributed by atoms with Crippen LogP contribution < -0.4 is 9.88 Å². The van der Waals surface area contributed by atoms with Crippen LogP contribution in [-0.4, -0.2) is 0 Å². The molecule has 0 saturated heterocycles. The highest BCUT2D eigenvalue weighted by Gasteiger charge is 2.43. The first-order chi connectivity index (χ1) is 20.5. The van der Waals surface area contributed by atoms with E-state index in [0.717, 1.165) is 6.07 Å². The lowest BCUT2D eigenvalue weighted by molar-refractivity contribution is -0.189. The van der Waals surface area contributed by atoms with E-state index >= 15 is 0 Å². The molecule has 0 bridgehead atoms. The third-order valence-corrected chi connectivity index (χ3v) is 5.64. The molecule has 15 heteroatoms. The minimum atomic E-state index is -5.53. The number of hydrogen-bond donors (Lipinski definition) is 2. The number of halogens is 12. The second-order valence-corrected chi connectivity index (χ2v) is 8.49. The fourth-order valence-corrected chi connectivity index (χ4v) is 3.93. The van der Waals surface area contributed by atoms with Gasteiger partial charge in [0, 0.05) is 17.7 Å². The van der Waals surface area contributed by atoms with Crippen molar-refractivity contribution in [2.75, 3.05) is 0 Å². The molecular formula is C29H21F12NOS. The van der Waals surface area contributed by atoms with Crippen LogP contribution in [0.15, 0.2) is 54.6 Å². The summed E-state index contributed by atoms with van der Waals surface area (Å²) in [4.78, 5) is 0. The first kappa shape index (κ1) is 36.3. The quantitative estimate of drug-likeness (QED) is 0.165. The molecule has 0 aliphatic heterocycles. The molecule has 0 spiro atoms. The fraction of sp³-hybridized carbons (Fsp3) is 0.172. The summed E-state index contributed by atoms with van der Waals surface area (Å²) in [6.45, 7) is 5.57. The largest absolute Gasteiger partial charge is 0.432 e. The van der Waals surface area contributed by atoms with Crippen molar-refractivity contribution in [3.05, 3.63) is 112 Å². The van der Waals surface area contributed by atoms with E-state index in [4.69, 9.17) is 0 Å². The molecule has 4 rings (SSSR count). The molecule has 0 fully saturated rings. The van der Waals surface area contributed by atoms with E-state index in [0.29, 0.717) is 17.7 Å². The highest BCUT2D eigenvalue weighted by molar-refractivity contribution is 7.77. The van der Waals surface area contributed by atoms with Gasteiger partial charge in [-0.15, -0.1) is 12.8 Å². The van der Waals surface area contributed by atoms with Crippen molar-refractivity contribution in [2.24, 2.45) is 5.14 Å². The molecule has 4 aromatic rings. The second-order valence-electron chi connectivity index (χ2n) is 8.49. The van der Waals surface area contributed by atoms with Crippen LogP contribution in [0.2, 0.25) is 0 Å². The first-order valence-corrected chi connectivity index (χ1v) is 12.7. The summed E-state index contributed by atoms with van der Waals surface area (Å²) in [5.74, 6) is -14.2. The van der Waals surface area contributed by atoms with Crippen LogP contribution in [0.1, 0.15) is 30.5 Å². The van der Waals surface area contributed by atoms with Gasteiger partial charge in [0.2, 0.25) is 0 Å². The molecular weight excluding hydrogens is 638 g/mol. The molecule has 0 atom stereocenters. The summed E-state index contributed by atoms with van der Waals surface area (Å²) < 4.78 is 172. The first-order valence-electron chi connectivity index (χ1n) is 12.1. The topological polar surface area (TPSA) is 35.2 Å². The van der Waals surface area contributed by atoms with Crippen molar-refractivity contribution in [1.82, 2.24) is 0 Å². The second kappa shape index (κ2) is 14.3. The van der Waals surface area contributed by atoms with Gasteiger partial charge in [0.15, 0.2) is 0 Å². The Kier molecular flexibility index (Phi) is 11.8. The Morgan fingerprint density at radius 1 is 0.568 bits per heavy atom. The molecule has 0 unspecified atom stereocenters. The van der Waals surface area contributed by atoms with E-state index in [-0.39, 0.29) is 35.4 Å². The van der Waals surface area contributed by atoms with E-state index in [9.17, 15) is 52.7 Å². The lowest BCUT2D eigenvalue weighted by Crippen LogP contribution is -2.25. The van der Waals surface area contributed by atoms with Gasteiger partial charge < -0.3 is 4.74 Å². The van der Waals surface area contributed by atoms with Gasteiger partial charge in [0.25, 0.3) is 0 Å². The molecule has 238 valence electrons. The molecule has 2 N–H and O–H groups in total. The van der Waals surface area contributed by atoms with Crippen LogP contribution in [0, 0.1) is 47.6 Å². The maximum absolute atomic E-state index is 14.8. The van der Waals surface area contributed by atoms with Crippen molar-refractivity contribution in [3.8, 4) is 28.0 Å². The van der Waals surface area contributed by atoms with Crippen LogP contribution in [0.4, 0.5) is 52.7 Å². The maximum Gasteiger partial charge on any atom is 0.432 e. The fourth-order valence-electron chi connectivity index (χ4n) is 3.93. The minimum absolute atomic E-state index is 0.108. The zero-order valence-electron chi connectivity index (χ0n) is 22.7. The lowest BCUT2D eigenvalue weighted by Gasteiger charge is -2.21.